The summed E-state index contributed by atoms with van der Waals surface area (Å²) in [6, 6.07) is 10.1. The third-order valence-electron chi connectivity index (χ3n) is 4.96. The molecule has 3 aromatic rings. The van der Waals surface area contributed by atoms with Gasteiger partial charge in [0.25, 0.3) is 0 Å². The molecule has 1 aromatic heterocycles. The van der Waals surface area contributed by atoms with Gasteiger partial charge in [0.2, 0.25) is 11.9 Å². The van der Waals surface area contributed by atoms with E-state index in [4.69, 9.17) is 38.4 Å². The maximum atomic E-state index is 12.2. The second-order valence-electron chi connectivity index (χ2n) is 6.89. The van der Waals surface area contributed by atoms with Crippen LogP contribution in [0.25, 0.3) is 0 Å². The van der Waals surface area contributed by atoms with Gasteiger partial charge < -0.3 is 20.5 Å². The SMILES string of the molecule is COc1cc(C2C(C(N)=O)=C(C)Nc3ncnn32)ccc1OCc1ccc(Cl)cc1Cl. The summed E-state index contributed by atoms with van der Waals surface area (Å²) in [6.45, 7) is 2.01. The van der Waals surface area contributed by atoms with Crippen LogP contribution in [0.1, 0.15) is 24.1 Å². The van der Waals surface area contributed by atoms with Crippen LogP contribution in [0.5, 0.6) is 11.5 Å². The van der Waals surface area contributed by atoms with Gasteiger partial charge in [0.15, 0.2) is 11.5 Å². The Morgan fingerprint density at radius 3 is 2.74 bits per heavy atom. The first kappa shape index (κ1) is 21.0. The second kappa shape index (κ2) is 8.49. The maximum absolute atomic E-state index is 12.2. The Morgan fingerprint density at radius 1 is 1.23 bits per heavy atom. The summed E-state index contributed by atoms with van der Waals surface area (Å²) in [5, 5.41) is 8.38. The zero-order chi connectivity index (χ0) is 22.1. The highest BCUT2D eigenvalue weighted by Crippen LogP contribution is 2.38. The molecule has 0 bridgehead atoms. The van der Waals surface area contributed by atoms with Crippen molar-refractivity contribution in [3.8, 4) is 11.5 Å². The number of nitrogens with one attached hydrogen (secondary N) is 1. The average molecular weight is 460 g/mol. The molecular formula is C21H19Cl2N5O3. The molecule has 8 nitrogen and oxygen atoms in total. The van der Waals surface area contributed by atoms with Crippen LogP contribution < -0.4 is 20.5 Å². The number of fused-ring (bicyclic) bond motifs is 1. The molecule has 3 N–H and O–H groups in total. The first-order chi connectivity index (χ1) is 14.9. The van der Waals surface area contributed by atoms with E-state index < -0.39 is 11.9 Å². The molecule has 0 aliphatic carbocycles. The molecule has 160 valence electrons. The van der Waals surface area contributed by atoms with E-state index in [1.54, 1.807) is 49.0 Å². The summed E-state index contributed by atoms with van der Waals surface area (Å²) in [6.07, 6.45) is 1.41. The Morgan fingerprint density at radius 2 is 2.03 bits per heavy atom. The molecule has 10 heteroatoms. The lowest BCUT2D eigenvalue weighted by Gasteiger charge is -2.28. The molecule has 0 radical (unpaired) electrons. The molecule has 1 atom stereocenters. The number of hydrogen-bond donors (Lipinski definition) is 2. The Bertz CT molecular complexity index is 1190. The number of benzene rings is 2. The molecule has 2 aromatic carbocycles. The zero-order valence-electron chi connectivity index (χ0n) is 16.7. The van der Waals surface area contributed by atoms with Gasteiger partial charge in [0.1, 0.15) is 19.0 Å². The fourth-order valence-corrected chi connectivity index (χ4v) is 3.95. The lowest BCUT2D eigenvalue weighted by atomic mass is 9.95. The molecule has 2 heterocycles. The van der Waals surface area contributed by atoms with E-state index in [9.17, 15) is 4.79 Å². The smallest absolute Gasteiger partial charge is 0.248 e. The van der Waals surface area contributed by atoms with Crippen molar-refractivity contribution in [1.29, 1.82) is 0 Å². The minimum absolute atomic E-state index is 0.234. The van der Waals surface area contributed by atoms with E-state index in [0.717, 1.165) is 11.1 Å². The highest BCUT2D eigenvalue weighted by atomic mass is 35.5. The normalized spacial score (nSPS) is 15.3. The number of rotatable bonds is 6. The average Bonchev–Trinajstić information content (AvgIpc) is 3.19. The highest BCUT2D eigenvalue weighted by molar-refractivity contribution is 6.35. The number of allylic oxidation sites excluding steroid dienone is 1. The standard InChI is InChI=1S/C21H19Cl2N5O3/c1-11-18(20(24)29)19(28-21(27-11)25-10-26-28)12-4-6-16(17(7-12)30-2)31-9-13-3-5-14(22)8-15(13)23/h3-8,10,19H,9H2,1-2H3,(H2,24,29)(H,25,26,27). The van der Waals surface area contributed by atoms with Gasteiger partial charge in [0.05, 0.1) is 12.7 Å². The van der Waals surface area contributed by atoms with Crippen LogP contribution in [-0.4, -0.2) is 27.8 Å². The molecule has 0 spiro atoms. The number of hydrogen-bond acceptors (Lipinski definition) is 6. The number of halogens is 2. The van der Waals surface area contributed by atoms with Crippen molar-refractivity contribution < 1.29 is 14.3 Å². The Labute approximate surface area is 188 Å². The zero-order valence-corrected chi connectivity index (χ0v) is 18.2. The van der Waals surface area contributed by atoms with E-state index >= 15 is 0 Å². The summed E-state index contributed by atoms with van der Waals surface area (Å²) in [7, 11) is 1.54. The van der Waals surface area contributed by atoms with Gasteiger partial charge in [-0.3, -0.25) is 4.79 Å². The third-order valence-corrected chi connectivity index (χ3v) is 5.55. The number of methoxy groups -OCH3 is 1. The Hall–Kier alpha value is -3.23. The molecular weight excluding hydrogens is 441 g/mol. The van der Waals surface area contributed by atoms with E-state index in [1.165, 1.54) is 6.33 Å². The number of aromatic nitrogens is 3. The lowest BCUT2D eigenvalue weighted by molar-refractivity contribution is -0.115. The van der Waals surface area contributed by atoms with Gasteiger partial charge in [-0.1, -0.05) is 35.3 Å². The molecule has 1 aliphatic rings. The summed E-state index contributed by atoms with van der Waals surface area (Å²) in [4.78, 5) is 16.4. The Kier molecular flexibility index (Phi) is 5.75. The van der Waals surface area contributed by atoms with Crippen molar-refractivity contribution in [2.45, 2.75) is 19.6 Å². The highest BCUT2D eigenvalue weighted by Gasteiger charge is 2.32. The number of nitrogens with zero attached hydrogens (tertiary/aromatic N) is 3. The van der Waals surface area contributed by atoms with Crippen molar-refractivity contribution in [2.24, 2.45) is 5.73 Å². The maximum Gasteiger partial charge on any atom is 0.248 e. The van der Waals surface area contributed by atoms with Gasteiger partial charge in [-0.25, -0.2) is 4.68 Å². The summed E-state index contributed by atoms with van der Waals surface area (Å²) < 4.78 is 13.1. The summed E-state index contributed by atoms with van der Waals surface area (Å²) in [5.74, 6) is 0.979. The number of ether oxygens (including phenoxy) is 2. The molecule has 0 saturated carbocycles. The molecule has 1 aliphatic heterocycles. The van der Waals surface area contributed by atoms with Crippen LogP contribution in [0.15, 0.2) is 54.0 Å². The minimum atomic E-state index is -0.551. The van der Waals surface area contributed by atoms with Crippen LogP contribution in [0, 0.1) is 0 Å². The predicted molar refractivity (Wildman–Crippen MR) is 117 cm³/mol. The van der Waals surface area contributed by atoms with Crippen molar-refractivity contribution in [3.05, 3.63) is 75.2 Å². The van der Waals surface area contributed by atoms with Gasteiger partial charge in [-0.2, -0.15) is 10.1 Å². The molecule has 0 saturated heterocycles. The monoisotopic (exact) mass is 459 g/mol. The van der Waals surface area contributed by atoms with Crippen LogP contribution in [-0.2, 0) is 11.4 Å². The number of carbonyl (C=O) groups excluding carboxylic acids is 1. The molecule has 1 unspecified atom stereocenters. The number of anilines is 1. The van der Waals surface area contributed by atoms with Crippen LogP contribution in [0.3, 0.4) is 0 Å². The predicted octanol–water partition coefficient (Wildman–Crippen LogP) is 3.95. The van der Waals surface area contributed by atoms with E-state index in [1.807, 2.05) is 6.07 Å². The van der Waals surface area contributed by atoms with Crippen molar-refractivity contribution in [1.82, 2.24) is 14.8 Å². The fraction of sp³-hybridized carbons (Fsp3) is 0.190. The first-order valence-corrected chi connectivity index (χ1v) is 10.1. The molecule has 31 heavy (non-hydrogen) atoms. The number of nitrogens with two attached hydrogens (primary N) is 1. The fourth-order valence-electron chi connectivity index (χ4n) is 3.49. The lowest BCUT2D eigenvalue weighted by Crippen LogP contribution is -2.31. The minimum Gasteiger partial charge on any atom is -0.493 e. The number of primary amides is 1. The Balaban J connectivity index is 1.67. The van der Waals surface area contributed by atoms with Gasteiger partial charge in [-0.05, 0) is 36.8 Å². The topological polar surface area (TPSA) is 104 Å². The summed E-state index contributed by atoms with van der Waals surface area (Å²) in [5.41, 5.74) is 8.22. The molecule has 4 rings (SSSR count). The van der Waals surface area contributed by atoms with Crippen molar-refractivity contribution >= 4 is 35.1 Å². The van der Waals surface area contributed by atoms with Crippen molar-refractivity contribution in [2.75, 3.05) is 12.4 Å². The summed E-state index contributed by atoms with van der Waals surface area (Å²) >= 11 is 12.2. The quantitative estimate of drug-likeness (QED) is 0.578. The van der Waals surface area contributed by atoms with Crippen LogP contribution in [0.2, 0.25) is 10.0 Å². The van der Waals surface area contributed by atoms with Gasteiger partial charge in [-0.15, -0.1) is 0 Å². The van der Waals surface area contributed by atoms with E-state index in [0.29, 0.717) is 38.8 Å². The van der Waals surface area contributed by atoms with Gasteiger partial charge >= 0.3 is 0 Å². The number of amides is 1. The number of carbonyl (C=O) groups is 1. The molecule has 0 fully saturated rings. The van der Waals surface area contributed by atoms with E-state index in [-0.39, 0.29) is 6.61 Å². The first-order valence-electron chi connectivity index (χ1n) is 9.30. The van der Waals surface area contributed by atoms with Crippen molar-refractivity contribution in [3.63, 3.8) is 0 Å². The van der Waals surface area contributed by atoms with Crippen LogP contribution >= 0.6 is 23.2 Å². The van der Waals surface area contributed by atoms with E-state index in [2.05, 4.69) is 15.4 Å². The third kappa shape index (κ3) is 4.04. The molecule has 1 amide bonds. The second-order valence-corrected chi connectivity index (χ2v) is 7.74. The van der Waals surface area contributed by atoms with Gasteiger partial charge in [0, 0.05) is 21.3 Å². The largest absolute Gasteiger partial charge is 0.493 e. The van der Waals surface area contributed by atoms with Crippen LogP contribution in [0.4, 0.5) is 5.95 Å².